The summed E-state index contributed by atoms with van der Waals surface area (Å²) in [5.41, 5.74) is 0. The van der Waals surface area contributed by atoms with Gasteiger partial charge in [-0.15, -0.1) is 0 Å². The maximum atomic E-state index is 11.3. The van der Waals surface area contributed by atoms with Crippen molar-refractivity contribution in [3.63, 3.8) is 0 Å². The number of rotatable bonds is 19. The van der Waals surface area contributed by atoms with Crippen LogP contribution in [-0.4, -0.2) is 18.3 Å². The van der Waals surface area contributed by atoms with Crippen LogP contribution in [0.5, 0.6) is 0 Å². The summed E-state index contributed by atoms with van der Waals surface area (Å²) >= 11 is 4.02. The molecule has 0 aromatic carbocycles. The highest BCUT2D eigenvalue weighted by atomic mass is 32.1. The van der Waals surface area contributed by atoms with Crippen LogP contribution in [0.3, 0.4) is 0 Å². The Kier molecular flexibility index (Phi) is 21.2. The molecule has 0 aliphatic heterocycles. The molecule has 0 amide bonds. The average Bonchev–Trinajstić information content (AvgIpc) is 2.62. The monoisotopic (exact) mass is 370 g/mol. The van der Waals surface area contributed by atoms with E-state index in [4.69, 9.17) is 4.74 Å². The van der Waals surface area contributed by atoms with Crippen molar-refractivity contribution < 1.29 is 9.53 Å². The zero-order valence-corrected chi connectivity index (χ0v) is 17.5. The minimum atomic E-state index is -0.0693. The fourth-order valence-electron chi connectivity index (χ4n) is 2.93. The molecule has 0 saturated carbocycles. The minimum Gasteiger partial charge on any atom is -0.465 e. The number of carbonyl (C=O) groups is 1. The van der Waals surface area contributed by atoms with Gasteiger partial charge in [-0.25, -0.2) is 0 Å². The number of thiol groups is 1. The second kappa shape index (κ2) is 21.6. The van der Waals surface area contributed by atoms with Crippen LogP contribution in [0.15, 0.2) is 12.2 Å². The number of esters is 1. The first-order valence-electron chi connectivity index (χ1n) is 10.7. The highest BCUT2D eigenvalue weighted by Gasteiger charge is 2.01. The Morgan fingerprint density at radius 1 is 0.760 bits per heavy atom. The summed E-state index contributed by atoms with van der Waals surface area (Å²) in [6.07, 6.45) is 24.8. The molecular weight excluding hydrogens is 328 g/mol. The lowest BCUT2D eigenvalue weighted by Crippen LogP contribution is -2.06. The Hall–Kier alpha value is -0.440. The van der Waals surface area contributed by atoms with Gasteiger partial charge in [0.05, 0.1) is 0 Å². The predicted molar refractivity (Wildman–Crippen MR) is 113 cm³/mol. The van der Waals surface area contributed by atoms with Crippen molar-refractivity contribution in [2.75, 3.05) is 12.4 Å². The van der Waals surface area contributed by atoms with Crippen LogP contribution in [-0.2, 0) is 9.53 Å². The SMILES string of the molecule is CCCCCCCCC/C=C/CCCCCCCCC(=O)OCCS. The van der Waals surface area contributed by atoms with Gasteiger partial charge in [0.2, 0.25) is 0 Å². The lowest BCUT2D eigenvalue weighted by Gasteiger charge is -2.03. The fraction of sp³-hybridized carbons (Fsp3) is 0.864. The summed E-state index contributed by atoms with van der Waals surface area (Å²) < 4.78 is 5.00. The third kappa shape index (κ3) is 21.5. The van der Waals surface area contributed by atoms with E-state index in [-0.39, 0.29) is 5.97 Å². The van der Waals surface area contributed by atoms with Crippen molar-refractivity contribution in [1.82, 2.24) is 0 Å². The minimum absolute atomic E-state index is 0.0693. The van der Waals surface area contributed by atoms with Crippen molar-refractivity contribution in [3.05, 3.63) is 12.2 Å². The van der Waals surface area contributed by atoms with Gasteiger partial charge in [0, 0.05) is 12.2 Å². The van der Waals surface area contributed by atoms with Gasteiger partial charge >= 0.3 is 5.97 Å². The number of carbonyl (C=O) groups excluding carboxylic acids is 1. The molecule has 0 heterocycles. The quantitative estimate of drug-likeness (QED) is 0.112. The van der Waals surface area contributed by atoms with Crippen LogP contribution >= 0.6 is 12.6 Å². The third-order valence-electron chi connectivity index (χ3n) is 4.50. The summed E-state index contributed by atoms with van der Waals surface area (Å²) in [6, 6.07) is 0. The van der Waals surface area contributed by atoms with Gasteiger partial charge < -0.3 is 4.74 Å². The zero-order valence-electron chi connectivity index (χ0n) is 16.6. The van der Waals surface area contributed by atoms with Gasteiger partial charge in [0.25, 0.3) is 0 Å². The normalized spacial score (nSPS) is 11.3. The van der Waals surface area contributed by atoms with E-state index in [9.17, 15) is 4.79 Å². The molecule has 0 aromatic rings. The molecule has 0 bridgehead atoms. The topological polar surface area (TPSA) is 26.3 Å². The summed E-state index contributed by atoms with van der Waals surface area (Å²) in [6.45, 7) is 2.71. The smallest absolute Gasteiger partial charge is 0.305 e. The summed E-state index contributed by atoms with van der Waals surface area (Å²) in [7, 11) is 0. The molecule has 25 heavy (non-hydrogen) atoms. The molecule has 0 N–H and O–H groups in total. The van der Waals surface area contributed by atoms with Gasteiger partial charge in [0.1, 0.15) is 6.61 Å². The lowest BCUT2D eigenvalue weighted by molar-refractivity contribution is -0.143. The first-order valence-corrected chi connectivity index (χ1v) is 11.4. The van der Waals surface area contributed by atoms with Crippen molar-refractivity contribution >= 4 is 18.6 Å². The van der Waals surface area contributed by atoms with Crippen LogP contribution in [0.1, 0.15) is 110 Å². The molecule has 2 nitrogen and oxygen atoms in total. The average molecular weight is 371 g/mol. The highest BCUT2D eigenvalue weighted by Crippen LogP contribution is 2.11. The largest absolute Gasteiger partial charge is 0.465 e. The van der Waals surface area contributed by atoms with Gasteiger partial charge in [-0.2, -0.15) is 12.6 Å². The van der Waals surface area contributed by atoms with Crippen LogP contribution in [0.2, 0.25) is 0 Å². The summed E-state index contributed by atoms with van der Waals surface area (Å²) in [5, 5.41) is 0. The van der Waals surface area contributed by atoms with E-state index in [1.54, 1.807) is 0 Å². The number of allylic oxidation sites excluding steroid dienone is 2. The maximum absolute atomic E-state index is 11.3. The number of unbranched alkanes of at least 4 members (excludes halogenated alkanes) is 13. The first kappa shape index (κ1) is 24.6. The molecule has 0 aliphatic rings. The van der Waals surface area contributed by atoms with Crippen molar-refractivity contribution in [2.45, 2.75) is 110 Å². The van der Waals surface area contributed by atoms with Crippen molar-refractivity contribution in [3.8, 4) is 0 Å². The molecule has 0 unspecified atom stereocenters. The molecule has 0 fully saturated rings. The Morgan fingerprint density at radius 3 is 1.76 bits per heavy atom. The van der Waals surface area contributed by atoms with Gasteiger partial charge in [-0.05, 0) is 32.1 Å². The molecule has 0 aliphatic carbocycles. The molecule has 0 radical (unpaired) electrons. The first-order chi connectivity index (χ1) is 12.3. The van der Waals surface area contributed by atoms with Crippen LogP contribution in [0.25, 0.3) is 0 Å². The number of ether oxygens (including phenoxy) is 1. The van der Waals surface area contributed by atoms with E-state index in [1.165, 1.54) is 83.5 Å². The van der Waals surface area contributed by atoms with E-state index < -0.39 is 0 Å². The molecular formula is C22H42O2S. The van der Waals surface area contributed by atoms with E-state index in [0.29, 0.717) is 18.8 Å². The van der Waals surface area contributed by atoms with E-state index >= 15 is 0 Å². The van der Waals surface area contributed by atoms with Gasteiger partial charge in [0.15, 0.2) is 0 Å². The molecule has 0 rings (SSSR count). The second-order valence-electron chi connectivity index (χ2n) is 6.99. The summed E-state index contributed by atoms with van der Waals surface area (Å²) in [4.78, 5) is 11.3. The van der Waals surface area contributed by atoms with Gasteiger partial charge in [-0.1, -0.05) is 83.3 Å². The molecule has 0 aromatic heterocycles. The number of hydrogen-bond acceptors (Lipinski definition) is 3. The maximum Gasteiger partial charge on any atom is 0.305 e. The predicted octanol–water partition coefficient (Wildman–Crippen LogP) is 7.28. The molecule has 0 spiro atoms. The Labute approximate surface area is 162 Å². The van der Waals surface area contributed by atoms with Crippen LogP contribution < -0.4 is 0 Å². The van der Waals surface area contributed by atoms with Crippen LogP contribution in [0.4, 0.5) is 0 Å². The van der Waals surface area contributed by atoms with E-state index in [0.717, 1.165) is 12.8 Å². The Morgan fingerprint density at radius 2 is 1.24 bits per heavy atom. The molecule has 0 saturated heterocycles. The molecule has 0 atom stereocenters. The number of hydrogen-bond donors (Lipinski definition) is 1. The standard InChI is InChI=1S/C22H42O2S/c1-2-3-4-5-6-7-8-9-10-11-12-13-14-15-16-17-18-19-22(23)24-20-21-25/h10-11,25H,2-9,12-21H2,1H3/b11-10+. The molecule has 148 valence electrons. The van der Waals surface area contributed by atoms with Crippen molar-refractivity contribution in [2.24, 2.45) is 0 Å². The third-order valence-corrected chi connectivity index (χ3v) is 4.68. The summed E-state index contributed by atoms with van der Waals surface area (Å²) in [5.74, 6) is 0.541. The fourth-order valence-corrected chi connectivity index (χ4v) is 3.02. The molecule has 3 heteroatoms. The van der Waals surface area contributed by atoms with Crippen LogP contribution in [0, 0.1) is 0 Å². The van der Waals surface area contributed by atoms with Gasteiger partial charge in [-0.3, -0.25) is 4.79 Å². The Balaban J connectivity index is 3.14. The lowest BCUT2D eigenvalue weighted by atomic mass is 10.1. The Bertz CT molecular complexity index is 302. The zero-order chi connectivity index (χ0) is 18.4. The second-order valence-corrected chi connectivity index (χ2v) is 7.43. The van der Waals surface area contributed by atoms with E-state index in [1.807, 2.05) is 0 Å². The highest BCUT2D eigenvalue weighted by molar-refractivity contribution is 7.80. The van der Waals surface area contributed by atoms with E-state index in [2.05, 4.69) is 31.7 Å². The van der Waals surface area contributed by atoms with Crippen molar-refractivity contribution in [1.29, 1.82) is 0 Å².